The van der Waals surface area contributed by atoms with Crippen LogP contribution in [0.5, 0.6) is 0 Å². The Morgan fingerprint density at radius 3 is 2.65 bits per heavy atom. The number of hydrogen-bond acceptors (Lipinski definition) is 2. The highest BCUT2D eigenvalue weighted by molar-refractivity contribution is 14.1. The molecule has 0 radical (unpaired) electrons. The summed E-state index contributed by atoms with van der Waals surface area (Å²) in [5.41, 5.74) is 2.25. The molecule has 2 rings (SSSR count). The van der Waals surface area contributed by atoms with Gasteiger partial charge in [0.15, 0.2) is 0 Å². The molecule has 1 aliphatic rings. The largest absolute Gasteiger partial charge is 0.250 e. The third-order valence-electron chi connectivity index (χ3n) is 3.18. The highest BCUT2D eigenvalue weighted by Crippen LogP contribution is 2.32. The summed E-state index contributed by atoms with van der Waals surface area (Å²) in [7, 11) is 0. The molecule has 0 aromatic heterocycles. The van der Waals surface area contributed by atoms with E-state index in [1.54, 1.807) is 12.1 Å². The van der Waals surface area contributed by atoms with Crippen LogP contribution in [0.15, 0.2) is 23.3 Å². The maximum absolute atomic E-state index is 13.4. The Labute approximate surface area is 119 Å². The normalized spacial score (nSPS) is 20.2. The van der Waals surface area contributed by atoms with E-state index in [2.05, 4.69) is 8.74 Å². The minimum absolute atomic E-state index is 0.195. The highest BCUT2D eigenvalue weighted by Gasteiger charge is 2.20. The minimum Gasteiger partial charge on any atom is -0.250 e. The molecule has 0 atom stereocenters. The van der Waals surface area contributed by atoms with Gasteiger partial charge in [0.1, 0.15) is 5.82 Å². The van der Waals surface area contributed by atoms with E-state index in [0.717, 1.165) is 31.2 Å². The number of nitrogens with one attached hydrogen (secondary N) is 1. The van der Waals surface area contributed by atoms with Crippen LogP contribution in [0.4, 0.5) is 4.39 Å². The zero-order valence-electron chi connectivity index (χ0n) is 9.22. The summed E-state index contributed by atoms with van der Waals surface area (Å²) >= 11 is 7.69. The van der Waals surface area contributed by atoms with Gasteiger partial charge in [-0.2, -0.15) is 5.10 Å². The monoisotopic (exact) mass is 366 g/mol. The smallest absolute Gasteiger partial charge is 0.142 e. The average Bonchev–Trinajstić information content (AvgIpc) is 2.34. The Kier molecular flexibility index (Phi) is 4.62. The van der Waals surface area contributed by atoms with Crippen molar-refractivity contribution >= 4 is 40.2 Å². The van der Waals surface area contributed by atoms with Crippen LogP contribution in [0.25, 0.3) is 0 Å². The third kappa shape index (κ3) is 3.31. The van der Waals surface area contributed by atoms with Gasteiger partial charge in [0, 0.05) is 5.71 Å². The van der Waals surface area contributed by atoms with Crippen LogP contribution >= 0.6 is 34.5 Å². The molecule has 1 aliphatic carbocycles. The van der Waals surface area contributed by atoms with Gasteiger partial charge in [-0.25, -0.2) is 8.03 Å². The number of nitrogens with zero attached hydrogens (tertiary/aromatic N) is 1. The molecule has 92 valence electrons. The Balaban J connectivity index is 2.05. The standard InChI is InChI=1S/C12H13ClFIN2/c13-11-6-3-9(7-12(11)14)8-1-4-10(5-2-8)16-17-15/h3,6-8,17H,1-2,4-5H2. The molecule has 2 nitrogen and oxygen atoms in total. The van der Waals surface area contributed by atoms with Gasteiger partial charge in [0.2, 0.25) is 0 Å². The second kappa shape index (κ2) is 6.00. The van der Waals surface area contributed by atoms with Crippen molar-refractivity contribution in [1.29, 1.82) is 0 Å². The van der Waals surface area contributed by atoms with Crippen LogP contribution in [-0.2, 0) is 0 Å². The van der Waals surface area contributed by atoms with Gasteiger partial charge >= 0.3 is 0 Å². The number of halogens is 3. The van der Waals surface area contributed by atoms with Gasteiger partial charge in [-0.05, 0) is 49.3 Å². The van der Waals surface area contributed by atoms with Crippen LogP contribution in [0.1, 0.15) is 37.2 Å². The van der Waals surface area contributed by atoms with Crippen LogP contribution in [0.2, 0.25) is 5.02 Å². The molecule has 1 N–H and O–H groups in total. The van der Waals surface area contributed by atoms with Crippen molar-refractivity contribution in [1.82, 2.24) is 3.64 Å². The van der Waals surface area contributed by atoms with Crippen molar-refractivity contribution in [2.24, 2.45) is 5.10 Å². The predicted molar refractivity (Wildman–Crippen MR) is 77.2 cm³/mol. The predicted octanol–water partition coefficient (Wildman–Crippen LogP) is 4.43. The molecule has 0 amide bonds. The van der Waals surface area contributed by atoms with E-state index in [1.807, 2.05) is 28.9 Å². The summed E-state index contributed by atoms with van der Waals surface area (Å²) < 4.78 is 16.2. The zero-order valence-corrected chi connectivity index (χ0v) is 12.1. The lowest BCUT2D eigenvalue weighted by Gasteiger charge is -2.23. The van der Waals surface area contributed by atoms with E-state index >= 15 is 0 Å². The molecule has 1 fully saturated rings. The van der Waals surface area contributed by atoms with Gasteiger partial charge in [-0.3, -0.25) is 0 Å². The maximum Gasteiger partial charge on any atom is 0.142 e. The van der Waals surface area contributed by atoms with E-state index in [4.69, 9.17) is 11.6 Å². The lowest BCUT2D eigenvalue weighted by molar-refractivity contribution is 0.556. The molecule has 5 heteroatoms. The average molecular weight is 367 g/mol. The van der Waals surface area contributed by atoms with Crippen LogP contribution in [0, 0.1) is 5.82 Å². The molecule has 1 aromatic rings. The fourth-order valence-electron chi connectivity index (χ4n) is 2.22. The quantitative estimate of drug-likeness (QED) is 0.467. The van der Waals surface area contributed by atoms with E-state index < -0.39 is 0 Å². The first kappa shape index (κ1) is 13.1. The number of benzene rings is 1. The Hall–Kier alpha value is -0.360. The Morgan fingerprint density at radius 1 is 1.35 bits per heavy atom. The molecule has 0 saturated heterocycles. The van der Waals surface area contributed by atoms with Gasteiger partial charge in [0.25, 0.3) is 0 Å². The first-order chi connectivity index (χ1) is 8.20. The molecule has 1 saturated carbocycles. The molecular formula is C12H13ClFIN2. The fraction of sp³-hybridized carbons (Fsp3) is 0.417. The molecule has 0 spiro atoms. The Morgan fingerprint density at radius 2 is 2.06 bits per heavy atom. The number of hydrogen-bond donors (Lipinski definition) is 1. The van der Waals surface area contributed by atoms with Crippen molar-refractivity contribution in [3.05, 3.63) is 34.6 Å². The molecule has 1 aromatic carbocycles. The van der Waals surface area contributed by atoms with Gasteiger partial charge in [-0.1, -0.05) is 17.7 Å². The van der Waals surface area contributed by atoms with E-state index in [1.165, 1.54) is 5.71 Å². The topological polar surface area (TPSA) is 24.4 Å². The van der Waals surface area contributed by atoms with E-state index in [0.29, 0.717) is 5.92 Å². The van der Waals surface area contributed by atoms with E-state index in [-0.39, 0.29) is 10.8 Å². The fourth-order valence-corrected chi connectivity index (χ4v) is 2.68. The van der Waals surface area contributed by atoms with Crippen LogP contribution < -0.4 is 3.64 Å². The molecule has 0 aliphatic heterocycles. The summed E-state index contributed by atoms with van der Waals surface area (Å²) in [6.45, 7) is 0. The van der Waals surface area contributed by atoms with Crippen molar-refractivity contribution in [3.8, 4) is 0 Å². The molecule has 17 heavy (non-hydrogen) atoms. The number of rotatable bonds is 2. The van der Waals surface area contributed by atoms with Crippen LogP contribution in [-0.4, -0.2) is 5.71 Å². The van der Waals surface area contributed by atoms with Crippen LogP contribution in [0.3, 0.4) is 0 Å². The summed E-state index contributed by atoms with van der Waals surface area (Å²) in [5, 5.41) is 4.40. The first-order valence-corrected chi connectivity index (χ1v) is 7.02. The van der Waals surface area contributed by atoms with Crippen molar-refractivity contribution < 1.29 is 4.39 Å². The second-order valence-electron chi connectivity index (χ2n) is 4.21. The lowest BCUT2D eigenvalue weighted by Crippen LogP contribution is -2.14. The lowest BCUT2D eigenvalue weighted by atomic mass is 9.83. The summed E-state index contributed by atoms with van der Waals surface area (Å²) in [4.78, 5) is 0. The van der Waals surface area contributed by atoms with Crippen molar-refractivity contribution in [2.45, 2.75) is 31.6 Å². The van der Waals surface area contributed by atoms with Crippen molar-refractivity contribution in [3.63, 3.8) is 0 Å². The van der Waals surface area contributed by atoms with Gasteiger partial charge in [-0.15, -0.1) is 0 Å². The van der Waals surface area contributed by atoms with Gasteiger partial charge in [0.05, 0.1) is 27.9 Å². The molecular weight excluding hydrogens is 354 g/mol. The molecule has 0 unspecified atom stereocenters. The third-order valence-corrected chi connectivity index (χ3v) is 3.73. The number of hydrazone groups is 1. The first-order valence-electron chi connectivity index (χ1n) is 5.56. The zero-order chi connectivity index (χ0) is 12.3. The molecule has 0 bridgehead atoms. The second-order valence-corrected chi connectivity index (χ2v) is 5.10. The van der Waals surface area contributed by atoms with E-state index in [9.17, 15) is 4.39 Å². The minimum atomic E-state index is -0.322. The summed E-state index contributed by atoms with van der Waals surface area (Å²) in [6, 6.07) is 5.13. The SMILES string of the molecule is Fc1cc(C2CCC(=NNI)CC2)ccc1Cl. The Bertz CT molecular complexity index is 427. The molecule has 0 heterocycles. The highest BCUT2D eigenvalue weighted by atomic mass is 127. The van der Waals surface area contributed by atoms with Crippen molar-refractivity contribution in [2.75, 3.05) is 0 Å². The summed E-state index contributed by atoms with van der Waals surface area (Å²) in [5.74, 6) is 0.104. The summed E-state index contributed by atoms with van der Waals surface area (Å²) in [6.07, 6.45) is 4.01. The van der Waals surface area contributed by atoms with Gasteiger partial charge < -0.3 is 0 Å². The maximum atomic E-state index is 13.4.